The number of morpholine rings is 1. The Bertz CT molecular complexity index is 832. The van der Waals surface area contributed by atoms with E-state index in [0.717, 1.165) is 43.0 Å². The summed E-state index contributed by atoms with van der Waals surface area (Å²) in [5.74, 6) is 1.61. The van der Waals surface area contributed by atoms with Crippen molar-refractivity contribution in [3.63, 3.8) is 0 Å². The van der Waals surface area contributed by atoms with Crippen LogP contribution >= 0.6 is 0 Å². The second-order valence-corrected chi connectivity index (χ2v) is 9.28. The first-order valence-electron chi connectivity index (χ1n) is 11.9. The summed E-state index contributed by atoms with van der Waals surface area (Å²) in [7, 11) is 0. The molecule has 1 aliphatic heterocycles. The van der Waals surface area contributed by atoms with Gasteiger partial charge in [0.05, 0.1) is 32.3 Å². The molecule has 0 aromatic heterocycles. The fourth-order valence-electron chi connectivity index (χ4n) is 3.63. The molecule has 1 fully saturated rings. The third kappa shape index (κ3) is 9.44. The maximum Gasteiger partial charge on any atom is 0.307 e. The summed E-state index contributed by atoms with van der Waals surface area (Å²) in [6, 6.07) is 18.0. The van der Waals surface area contributed by atoms with Gasteiger partial charge in [-0.2, -0.15) is 0 Å². The summed E-state index contributed by atoms with van der Waals surface area (Å²) in [6.45, 7) is 9.97. The van der Waals surface area contributed by atoms with E-state index in [9.17, 15) is 4.79 Å². The average Bonchev–Trinajstić information content (AvgIpc) is 2.80. The topological polar surface area (TPSA) is 57.2 Å². The molecule has 2 aromatic carbocycles. The molecule has 0 amide bonds. The quantitative estimate of drug-likeness (QED) is 0.350. The van der Waals surface area contributed by atoms with Crippen LogP contribution in [0.3, 0.4) is 0 Å². The molecular formula is C27H37NO5. The molecule has 6 heteroatoms. The highest BCUT2D eigenvalue weighted by Crippen LogP contribution is 2.25. The lowest BCUT2D eigenvalue weighted by Gasteiger charge is -2.33. The lowest BCUT2D eigenvalue weighted by molar-refractivity contribution is -0.155. The van der Waals surface area contributed by atoms with Crippen molar-refractivity contribution in [3.8, 4) is 11.5 Å². The van der Waals surface area contributed by atoms with E-state index in [4.69, 9.17) is 18.9 Å². The van der Waals surface area contributed by atoms with Crippen LogP contribution in [0.1, 0.15) is 51.7 Å². The van der Waals surface area contributed by atoms with Gasteiger partial charge in [-0.1, -0.05) is 30.3 Å². The van der Waals surface area contributed by atoms with Gasteiger partial charge in [0.15, 0.2) is 0 Å². The first-order valence-corrected chi connectivity index (χ1v) is 11.9. The van der Waals surface area contributed by atoms with Gasteiger partial charge in [0.25, 0.3) is 0 Å². The van der Waals surface area contributed by atoms with Gasteiger partial charge < -0.3 is 18.9 Å². The molecule has 33 heavy (non-hydrogen) atoms. The highest BCUT2D eigenvalue weighted by molar-refractivity contribution is 5.70. The Morgan fingerprint density at radius 3 is 2.24 bits per heavy atom. The number of esters is 1. The van der Waals surface area contributed by atoms with E-state index in [1.807, 2.05) is 63.2 Å². The van der Waals surface area contributed by atoms with E-state index < -0.39 is 5.60 Å². The molecule has 2 aromatic rings. The van der Waals surface area contributed by atoms with Crippen LogP contribution in [-0.2, 0) is 14.3 Å². The minimum absolute atomic E-state index is 0.00146. The summed E-state index contributed by atoms with van der Waals surface area (Å²) in [6.07, 6.45) is 2.28. The van der Waals surface area contributed by atoms with E-state index >= 15 is 0 Å². The molecule has 1 unspecified atom stereocenters. The van der Waals surface area contributed by atoms with Crippen molar-refractivity contribution in [2.45, 2.75) is 51.7 Å². The van der Waals surface area contributed by atoms with E-state index in [1.54, 1.807) is 0 Å². The summed E-state index contributed by atoms with van der Waals surface area (Å²) in [4.78, 5) is 14.3. The Morgan fingerprint density at radius 1 is 0.970 bits per heavy atom. The fraction of sp³-hybridized carbons (Fsp3) is 0.519. The number of benzene rings is 2. The third-order valence-electron chi connectivity index (χ3n) is 5.27. The number of hydrogen-bond donors (Lipinski definition) is 0. The first-order chi connectivity index (χ1) is 15.9. The van der Waals surface area contributed by atoms with Crippen LogP contribution in [0, 0.1) is 0 Å². The van der Waals surface area contributed by atoms with E-state index in [1.165, 1.54) is 0 Å². The van der Waals surface area contributed by atoms with Crippen LogP contribution in [0.4, 0.5) is 0 Å². The van der Waals surface area contributed by atoms with Gasteiger partial charge in [0.2, 0.25) is 0 Å². The predicted molar refractivity (Wildman–Crippen MR) is 129 cm³/mol. The number of ether oxygens (including phenoxy) is 4. The summed E-state index contributed by atoms with van der Waals surface area (Å²) < 4.78 is 23.0. The SMILES string of the molecule is CC(C)(C)OC(=O)CCN1CCOC(c2ccc(OCCCCOc3ccccc3)cc2)C1. The number of hydrogen-bond acceptors (Lipinski definition) is 6. The summed E-state index contributed by atoms with van der Waals surface area (Å²) >= 11 is 0. The predicted octanol–water partition coefficient (Wildman–Crippen LogP) is 5.03. The molecule has 6 nitrogen and oxygen atoms in total. The van der Waals surface area contributed by atoms with Crippen molar-refractivity contribution >= 4 is 5.97 Å². The maximum atomic E-state index is 12.0. The highest BCUT2D eigenvalue weighted by Gasteiger charge is 2.23. The zero-order valence-corrected chi connectivity index (χ0v) is 20.1. The summed E-state index contributed by atoms with van der Waals surface area (Å²) in [5, 5.41) is 0. The Hall–Kier alpha value is -2.57. The molecule has 0 N–H and O–H groups in total. The molecule has 0 bridgehead atoms. The van der Waals surface area contributed by atoms with Gasteiger partial charge in [0, 0.05) is 19.6 Å². The molecule has 1 aliphatic rings. The average molecular weight is 456 g/mol. The Labute approximate surface area is 197 Å². The van der Waals surface area contributed by atoms with Gasteiger partial charge in [0.1, 0.15) is 17.1 Å². The maximum absolute atomic E-state index is 12.0. The van der Waals surface area contributed by atoms with Crippen LogP contribution in [-0.4, -0.2) is 55.9 Å². The van der Waals surface area contributed by atoms with E-state index in [2.05, 4.69) is 17.0 Å². The van der Waals surface area contributed by atoms with E-state index in [-0.39, 0.29) is 12.1 Å². The largest absolute Gasteiger partial charge is 0.494 e. The molecular weight excluding hydrogens is 418 g/mol. The minimum Gasteiger partial charge on any atom is -0.494 e. The normalized spacial score (nSPS) is 16.9. The van der Waals surface area contributed by atoms with Crippen molar-refractivity contribution in [2.24, 2.45) is 0 Å². The zero-order chi connectivity index (χ0) is 23.5. The Kier molecular flexibility index (Phi) is 9.58. The van der Waals surface area contributed by atoms with Crippen LogP contribution in [0.2, 0.25) is 0 Å². The zero-order valence-electron chi connectivity index (χ0n) is 20.1. The van der Waals surface area contributed by atoms with Crippen LogP contribution in [0.5, 0.6) is 11.5 Å². The first kappa shape index (κ1) is 25.1. The molecule has 1 heterocycles. The van der Waals surface area contributed by atoms with Crippen molar-refractivity contribution in [1.82, 2.24) is 4.90 Å². The van der Waals surface area contributed by atoms with Crippen LogP contribution in [0.25, 0.3) is 0 Å². The van der Waals surface area contributed by atoms with Crippen LogP contribution < -0.4 is 9.47 Å². The third-order valence-corrected chi connectivity index (χ3v) is 5.27. The van der Waals surface area contributed by atoms with Crippen molar-refractivity contribution in [1.29, 1.82) is 0 Å². The second-order valence-electron chi connectivity index (χ2n) is 9.28. The smallest absolute Gasteiger partial charge is 0.307 e. The number of carbonyl (C=O) groups is 1. The van der Waals surface area contributed by atoms with Gasteiger partial charge in [-0.25, -0.2) is 0 Å². The van der Waals surface area contributed by atoms with Gasteiger partial charge in [-0.15, -0.1) is 0 Å². The number of unbranched alkanes of at least 4 members (excludes halogenated alkanes) is 1. The molecule has 0 radical (unpaired) electrons. The number of para-hydroxylation sites is 1. The van der Waals surface area contributed by atoms with Gasteiger partial charge >= 0.3 is 5.97 Å². The van der Waals surface area contributed by atoms with Crippen molar-refractivity contribution < 1.29 is 23.7 Å². The molecule has 1 saturated heterocycles. The lowest BCUT2D eigenvalue weighted by atomic mass is 10.1. The molecule has 3 rings (SSSR count). The van der Waals surface area contributed by atoms with E-state index in [0.29, 0.717) is 32.8 Å². The lowest BCUT2D eigenvalue weighted by Crippen LogP contribution is -2.39. The number of nitrogens with zero attached hydrogens (tertiary/aromatic N) is 1. The number of rotatable bonds is 11. The van der Waals surface area contributed by atoms with Crippen molar-refractivity contribution in [3.05, 3.63) is 60.2 Å². The fourth-order valence-corrected chi connectivity index (χ4v) is 3.63. The van der Waals surface area contributed by atoms with Crippen molar-refractivity contribution in [2.75, 3.05) is 39.5 Å². The highest BCUT2D eigenvalue weighted by atomic mass is 16.6. The van der Waals surface area contributed by atoms with Crippen LogP contribution in [0.15, 0.2) is 54.6 Å². The Balaban J connectivity index is 1.34. The molecule has 0 aliphatic carbocycles. The summed E-state index contributed by atoms with van der Waals surface area (Å²) in [5.41, 5.74) is 0.685. The second kappa shape index (κ2) is 12.6. The Morgan fingerprint density at radius 2 is 1.61 bits per heavy atom. The molecule has 0 saturated carbocycles. The van der Waals surface area contributed by atoms with Gasteiger partial charge in [-0.3, -0.25) is 9.69 Å². The molecule has 180 valence electrons. The number of carbonyl (C=O) groups excluding carboxylic acids is 1. The molecule has 0 spiro atoms. The molecule has 1 atom stereocenters. The monoisotopic (exact) mass is 455 g/mol. The standard InChI is InChI=1S/C27H37NO5/c1-27(2,3)33-26(29)15-16-28-17-20-32-25(21-28)22-11-13-24(14-12-22)31-19-8-7-18-30-23-9-5-4-6-10-23/h4-6,9-14,25H,7-8,15-21H2,1-3H3. The minimum atomic E-state index is -0.440. The van der Waals surface area contributed by atoms with Gasteiger partial charge in [-0.05, 0) is 63.4 Å².